The van der Waals surface area contributed by atoms with E-state index < -0.39 is 0 Å². The highest BCUT2D eigenvalue weighted by molar-refractivity contribution is 9.10. The second-order valence-electron chi connectivity index (χ2n) is 4.88. The minimum atomic E-state index is -0.340. The summed E-state index contributed by atoms with van der Waals surface area (Å²) in [6, 6.07) is 5.16. The molecule has 4 nitrogen and oxygen atoms in total. The molecule has 0 amide bonds. The van der Waals surface area contributed by atoms with E-state index in [4.69, 9.17) is 0 Å². The number of nitrogens with one attached hydrogen (secondary N) is 1. The van der Waals surface area contributed by atoms with Crippen molar-refractivity contribution in [2.75, 3.05) is 6.54 Å². The Morgan fingerprint density at radius 3 is 2.61 bits per heavy atom. The largest absolute Gasteiger partial charge is 0.312 e. The van der Waals surface area contributed by atoms with Crippen LogP contribution in [0.15, 0.2) is 22.7 Å². The molecule has 0 aromatic heterocycles. The van der Waals surface area contributed by atoms with Crippen molar-refractivity contribution in [2.45, 2.75) is 27.3 Å². The van der Waals surface area contributed by atoms with E-state index in [1.165, 1.54) is 0 Å². The Hall–Kier alpha value is -0.940. The molecule has 0 saturated carbocycles. The zero-order chi connectivity index (χ0) is 13.7. The minimum absolute atomic E-state index is 0.161. The van der Waals surface area contributed by atoms with Crippen molar-refractivity contribution in [2.24, 2.45) is 11.8 Å². The van der Waals surface area contributed by atoms with Crippen LogP contribution in [0.2, 0.25) is 0 Å². The van der Waals surface area contributed by atoms with E-state index in [1.807, 2.05) is 6.07 Å². The van der Waals surface area contributed by atoms with Crippen LogP contribution in [-0.4, -0.2) is 11.5 Å². The molecule has 0 aliphatic rings. The van der Waals surface area contributed by atoms with Gasteiger partial charge < -0.3 is 5.32 Å². The summed E-state index contributed by atoms with van der Waals surface area (Å²) in [6.07, 6.45) is 0. The van der Waals surface area contributed by atoms with Crippen molar-refractivity contribution in [1.82, 2.24) is 5.32 Å². The van der Waals surface area contributed by atoms with Crippen molar-refractivity contribution in [3.05, 3.63) is 38.3 Å². The van der Waals surface area contributed by atoms with Gasteiger partial charge in [0.25, 0.3) is 5.69 Å². The third kappa shape index (κ3) is 4.38. The first-order valence-corrected chi connectivity index (χ1v) is 6.84. The number of rotatable bonds is 6. The number of nitrogens with zero attached hydrogens (tertiary/aromatic N) is 1. The standard InChI is InChI=1S/C13H19BrN2O2/c1-9(2)10(3)7-15-8-11-4-5-12(14)6-13(11)16(17)18/h4-6,9-10,15H,7-8H2,1-3H3. The topological polar surface area (TPSA) is 55.2 Å². The number of halogens is 1. The summed E-state index contributed by atoms with van der Waals surface area (Å²) in [7, 11) is 0. The summed E-state index contributed by atoms with van der Waals surface area (Å²) in [5.74, 6) is 1.16. The van der Waals surface area contributed by atoms with Crippen LogP contribution in [0.3, 0.4) is 0 Å². The summed E-state index contributed by atoms with van der Waals surface area (Å²) in [4.78, 5) is 10.6. The summed E-state index contributed by atoms with van der Waals surface area (Å²) < 4.78 is 0.730. The summed E-state index contributed by atoms with van der Waals surface area (Å²) >= 11 is 3.25. The van der Waals surface area contributed by atoms with Gasteiger partial charge in [0.15, 0.2) is 0 Å². The van der Waals surface area contributed by atoms with E-state index >= 15 is 0 Å². The van der Waals surface area contributed by atoms with Crippen molar-refractivity contribution < 1.29 is 4.92 Å². The van der Waals surface area contributed by atoms with Gasteiger partial charge in [0.1, 0.15) is 0 Å². The van der Waals surface area contributed by atoms with Crippen molar-refractivity contribution >= 4 is 21.6 Å². The van der Waals surface area contributed by atoms with Gasteiger partial charge in [0.2, 0.25) is 0 Å². The lowest BCUT2D eigenvalue weighted by atomic mass is 9.98. The van der Waals surface area contributed by atoms with Crippen LogP contribution in [0.5, 0.6) is 0 Å². The third-order valence-electron chi connectivity index (χ3n) is 3.16. The lowest BCUT2D eigenvalue weighted by Gasteiger charge is -2.16. The molecule has 1 N–H and O–H groups in total. The van der Waals surface area contributed by atoms with Gasteiger partial charge in [-0.2, -0.15) is 0 Å². The van der Waals surface area contributed by atoms with Crippen molar-refractivity contribution in [3.63, 3.8) is 0 Å². The maximum atomic E-state index is 10.9. The van der Waals surface area contributed by atoms with Gasteiger partial charge in [0, 0.05) is 22.6 Å². The lowest BCUT2D eigenvalue weighted by Crippen LogP contribution is -2.24. The molecular weight excluding hydrogens is 296 g/mol. The molecular formula is C13H19BrN2O2. The molecule has 0 radical (unpaired) electrons. The first-order valence-electron chi connectivity index (χ1n) is 6.05. The van der Waals surface area contributed by atoms with Crippen LogP contribution < -0.4 is 5.32 Å². The van der Waals surface area contributed by atoms with E-state index in [2.05, 4.69) is 42.0 Å². The molecule has 5 heteroatoms. The maximum absolute atomic E-state index is 10.9. The monoisotopic (exact) mass is 314 g/mol. The number of nitro groups is 1. The molecule has 1 unspecified atom stereocenters. The Labute approximate surface area is 116 Å². The number of hydrogen-bond donors (Lipinski definition) is 1. The van der Waals surface area contributed by atoms with E-state index in [1.54, 1.807) is 12.1 Å². The fourth-order valence-electron chi connectivity index (χ4n) is 1.53. The molecule has 1 rings (SSSR count). The molecule has 0 fully saturated rings. The second kappa shape index (κ2) is 6.85. The van der Waals surface area contributed by atoms with Crippen LogP contribution in [0.1, 0.15) is 26.3 Å². The molecule has 18 heavy (non-hydrogen) atoms. The molecule has 0 heterocycles. The summed E-state index contributed by atoms with van der Waals surface area (Å²) in [6.45, 7) is 7.92. The molecule has 1 aromatic rings. The molecule has 0 aliphatic carbocycles. The smallest absolute Gasteiger partial charge is 0.275 e. The van der Waals surface area contributed by atoms with Gasteiger partial charge in [-0.3, -0.25) is 10.1 Å². The Morgan fingerprint density at radius 2 is 2.06 bits per heavy atom. The quantitative estimate of drug-likeness (QED) is 0.643. The van der Waals surface area contributed by atoms with E-state index in [9.17, 15) is 10.1 Å². The number of hydrogen-bond acceptors (Lipinski definition) is 3. The van der Waals surface area contributed by atoms with Crippen molar-refractivity contribution in [3.8, 4) is 0 Å². The van der Waals surface area contributed by atoms with E-state index in [-0.39, 0.29) is 10.6 Å². The highest BCUT2D eigenvalue weighted by Gasteiger charge is 2.14. The molecule has 1 atom stereocenters. The fraction of sp³-hybridized carbons (Fsp3) is 0.538. The van der Waals surface area contributed by atoms with Gasteiger partial charge in [-0.1, -0.05) is 36.7 Å². The van der Waals surface area contributed by atoms with Crippen LogP contribution in [0.25, 0.3) is 0 Å². The summed E-state index contributed by atoms with van der Waals surface area (Å²) in [5, 5.41) is 14.2. The predicted octanol–water partition coefficient (Wildman–Crippen LogP) is 3.74. The van der Waals surface area contributed by atoms with E-state index in [0.29, 0.717) is 18.4 Å². The normalized spacial score (nSPS) is 12.7. The maximum Gasteiger partial charge on any atom is 0.275 e. The van der Waals surface area contributed by atoms with Crippen LogP contribution >= 0.6 is 15.9 Å². The summed E-state index contributed by atoms with van der Waals surface area (Å²) in [5.41, 5.74) is 0.883. The van der Waals surface area contributed by atoms with Gasteiger partial charge in [-0.25, -0.2) is 0 Å². The second-order valence-corrected chi connectivity index (χ2v) is 5.80. The predicted molar refractivity (Wildman–Crippen MR) is 76.5 cm³/mol. The zero-order valence-corrected chi connectivity index (χ0v) is 12.5. The Bertz CT molecular complexity index is 421. The van der Waals surface area contributed by atoms with Gasteiger partial charge in [0.05, 0.1) is 4.92 Å². The van der Waals surface area contributed by atoms with Gasteiger partial charge in [-0.05, 0) is 30.5 Å². The number of nitro benzene ring substituents is 1. The molecule has 0 aliphatic heterocycles. The fourth-order valence-corrected chi connectivity index (χ4v) is 1.88. The Morgan fingerprint density at radius 1 is 1.39 bits per heavy atom. The SMILES string of the molecule is CC(C)C(C)CNCc1ccc(Br)cc1[N+](=O)[O-]. The molecule has 100 valence electrons. The number of benzene rings is 1. The molecule has 0 bridgehead atoms. The minimum Gasteiger partial charge on any atom is -0.312 e. The van der Waals surface area contributed by atoms with Crippen LogP contribution in [-0.2, 0) is 6.54 Å². The first-order chi connectivity index (χ1) is 8.41. The first kappa shape index (κ1) is 15.1. The highest BCUT2D eigenvalue weighted by atomic mass is 79.9. The van der Waals surface area contributed by atoms with Crippen LogP contribution in [0.4, 0.5) is 5.69 Å². The average Bonchev–Trinajstić information content (AvgIpc) is 2.30. The third-order valence-corrected chi connectivity index (χ3v) is 3.66. The lowest BCUT2D eigenvalue weighted by molar-refractivity contribution is -0.385. The molecule has 0 saturated heterocycles. The van der Waals surface area contributed by atoms with E-state index in [0.717, 1.165) is 16.6 Å². The molecule has 1 aromatic carbocycles. The highest BCUT2D eigenvalue weighted by Crippen LogP contribution is 2.23. The average molecular weight is 315 g/mol. The van der Waals surface area contributed by atoms with Crippen LogP contribution in [0, 0.1) is 22.0 Å². The Kier molecular flexibility index (Phi) is 5.75. The van der Waals surface area contributed by atoms with Gasteiger partial charge in [-0.15, -0.1) is 0 Å². The Balaban J connectivity index is 2.65. The molecule has 0 spiro atoms. The van der Waals surface area contributed by atoms with Gasteiger partial charge >= 0.3 is 0 Å². The zero-order valence-electron chi connectivity index (χ0n) is 10.9. The van der Waals surface area contributed by atoms with Crippen molar-refractivity contribution in [1.29, 1.82) is 0 Å².